The van der Waals surface area contributed by atoms with Crippen molar-refractivity contribution in [2.75, 3.05) is 19.8 Å². The molecule has 158 valence electrons. The zero-order valence-corrected chi connectivity index (χ0v) is 17.7. The summed E-state index contributed by atoms with van der Waals surface area (Å²) >= 11 is 0. The van der Waals surface area contributed by atoms with Gasteiger partial charge >= 0.3 is 12.1 Å². The molecule has 2 N–H and O–H groups in total. The summed E-state index contributed by atoms with van der Waals surface area (Å²) in [6, 6.07) is 0. The zero-order chi connectivity index (χ0) is 20.8. The zero-order valence-electron chi connectivity index (χ0n) is 17.7. The number of rotatable bonds is 10. The number of carbonyl (C=O) groups excluding carboxylic acids is 1. The highest BCUT2D eigenvalue weighted by atomic mass is 16.5. The standard InChI is InChI=1S/C22H35NO5/c1-21(2,19(24)25)12-14-28-22(3,4)11-13-23-20(26)27-15-18-16-9-7-5-6-8-10-17(16)18/h16-18H,7-15H2,1-4H3,(H,23,26)(H,24,25). The number of nitrogens with one attached hydrogen (secondary N) is 1. The van der Waals surface area contributed by atoms with Crippen LogP contribution in [0, 0.1) is 35.0 Å². The maximum atomic E-state index is 12.0. The van der Waals surface area contributed by atoms with E-state index in [1.807, 2.05) is 13.8 Å². The summed E-state index contributed by atoms with van der Waals surface area (Å²) in [4.78, 5) is 23.1. The smallest absolute Gasteiger partial charge is 0.407 e. The Morgan fingerprint density at radius 3 is 2.25 bits per heavy atom. The summed E-state index contributed by atoms with van der Waals surface area (Å²) < 4.78 is 11.2. The lowest BCUT2D eigenvalue weighted by Gasteiger charge is -2.27. The number of fused-ring (bicyclic) bond motifs is 1. The lowest BCUT2D eigenvalue weighted by Crippen LogP contribution is -2.34. The number of carboxylic acids is 1. The van der Waals surface area contributed by atoms with Crippen molar-refractivity contribution in [2.45, 2.75) is 71.8 Å². The Morgan fingerprint density at radius 1 is 1.07 bits per heavy atom. The molecule has 0 aromatic rings. The highest BCUT2D eigenvalue weighted by Gasteiger charge is 2.49. The Balaban J connectivity index is 1.58. The molecule has 0 heterocycles. The van der Waals surface area contributed by atoms with E-state index in [4.69, 9.17) is 14.6 Å². The summed E-state index contributed by atoms with van der Waals surface area (Å²) in [5, 5.41) is 11.9. The maximum absolute atomic E-state index is 12.0. The molecule has 2 aliphatic rings. The Hall–Kier alpha value is -1.74. The molecular weight excluding hydrogens is 358 g/mol. The molecule has 2 unspecified atom stereocenters. The third kappa shape index (κ3) is 7.01. The molecule has 1 amide bonds. The van der Waals surface area contributed by atoms with Crippen molar-refractivity contribution in [1.29, 1.82) is 0 Å². The van der Waals surface area contributed by atoms with Gasteiger partial charge in [0.25, 0.3) is 0 Å². The van der Waals surface area contributed by atoms with Crippen LogP contribution >= 0.6 is 0 Å². The topological polar surface area (TPSA) is 84.9 Å². The van der Waals surface area contributed by atoms with E-state index in [1.54, 1.807) is 13.8 Å². The molecule has 1 fully saturated rings. The highest BCUT2D eigenvalue weighted by molar-refractivity contribution is 5.73. The number of aliphatic carboxylic acids is 1. The van der Waals surface area contributed by atoms with Gasteiger partial charge in [-0.1, -0.05) is 0 Å². The van der Waals surface area contributed by atoms with Gasteiger partial charge in [-0.05, 0) is 71.1 Å². The van der Waals surface area contributed by atoms with Gasteiger partial charge in [0.1, 0.15) is 0 Å². The molecule has 2 aliphatic carbocycles. The number of amides is 1. The van der Waals surface area contributed by atoms with Crippen LogP contribution in [0.15, 0.2) is 0 Å². The van der Waals surface area contributed by atoms with E-state index in [9.17, 15) is 9.59 Å². The van der Waals surface area contributed by atoms with Gasteiger partial charge in [0.15, 0.2) is 0 Å². The van der Waals surface area contributed by atoms with Gasteiger partial charge in [0, 0.05) is 26.0 Å². The van der Waals surface area contributed by atoms with E-state index in [-0.39, 0.29) is 6.09 Å². The number of hydrogen-bond donors (Lipinski definition) is 2. The van der Waals surface area contributed by atoms with Gasteiger partial charge in [-0.3, -0.25) is 4.79 Å². The number of alkyl carbamates (subject to hydrolysis) is 1. The van der Waals surface area contributed by atoms with Gasteiger partial charge in [-0.25, -0.2) is 4.79 Å². The minimum Gasteiger partial charge on any atom is -0.481 e. The van der Waals surface area contributed by atoms with Crippen molar-refractivity contribution in [2.24, 2.45) is 23.2 Å². The molecule has 0 saturated heterocycles. The van der Waals surface area contributed by atoms with Crippen molar-refractivity contribution in [3.05, 3.63) is 0 Å². The van der Waals surface area contributed by atoms with E-state index in [0.29, 0.717) is 50.4 Å². The maximum Gasteiger partial charge on any atom is 0.407 e. The highest BCUT2D eigenvalue weighted by Crippen LogP contribution is 2.52. The summed E-state index contributed by atoms with van der Waals surface area (Å²) in [7, 11) is 0. The Kier molecular flexibility index (Phi) is 7.77. The summed E-state index contributed by atoms with van der Waals surface area (Å²) in [6.07, 6.45) is 4.86. The summed E-state index contributed by atoms with van der Waals surface area (Å²) in [5.41, 5.74) is -1.24. The molecule has 1 saturated carbocycles. The third-order valence-corrected chi connectivity index (χ3v) is 6.04. The monoisotopic (exact) mass is 393 g/mol. The fourth-order valence-corrected chi connectivity index (χ4v) is 3.73. The van der Waals surface area contributed by atoms with Crippen molar-refractivity contribution in [1.82, 2.24) is 5.32 Å². The van der Waals surface area contributed by atoms with Crippen LogP contribution in [0.1, 0.15) is 66.2 Å². The second kappa shape index (κ2) is 9.65. The SMILES string of the molecule is CC(C)(CCNC(=O)OCC1C2CCC#CCCC21)OCCC(C)(C)C(=O)O. The molecule has 6 heteroatoms. The lowest BCUT2D eigenvalue weighted by atomic mass is 9.90. The molecule has 0 bridgehead atoms. The van der Waals surface area contributed by atoms with Gasteiger partial charge in [-0.2, -0.15) is 0 Å². The number of carboxylic acid groups (broad SMARTS) is 1. The first-order chi connectivity index (χ1) is 13.1. The number of ether oxygens (including phenoxy) is 2. The normalized spacial score (nSPS) is 24.1. The third-order valence-electron chi connectivity index (χ3n) is 6.04. The van der Waals surface area contributed by atoms with Crippen LogP contribution in [0.3, 0.4) is 0 Å². The molecule has 0 spiro atoms. The van der Waals surface area contributed by atoms with Crippen LogP contribution in [0.4, 0.5) is 4.79 Å². The van der Waals surface area contributed by atoms with Crippen molar-refractivity contribution in [3.63, 3.8) is 0 Å². The molecular formula is C22H35NO5. The number of carbonyl (C=O) groups is 2. The van der Waals surface area contributed by atoms with E-state index in [0.717, 1.165) is 25.7 Å². The van der Waals surface area contributed by atoms with Crippen molar-refractivity contribution in [3.8, 4) is 11.8 Å². The predicted octanol–water partition coefficient (Wildman–Crippen LogP) is 3.84. The van der Waals surface area contributed by atoms with Crippen LogP contribution in [-0.2, 0) is 14.3 Å². The second-order valence-electron chi connectivity index (χ2n) is 9.24. The van der Waals surface area contributed by atoms with Crippen LogP contribution in [0.2, 0.25) is 0 Å². The fourth-order valence-electron chi connectivity index (χ4n) is 3.73. The van der Waals surface area contributed by atoms with E-state index in [1.165, 1.54) is 0 Å². The summed E-state index contributed by atoms with van der Waals surface area (Å²) in [5.74, 6) is 7.38. The van der Waals surface area contributed by atoms with E-state index < -0.39 is 17.0 Å². The fraction of sp³-hybridized carbons (Fsp3) is 0.818. The molecule has 6 nitrogen and oxygen atoms in total. The number of hydrogen-bond acceptors (Lipinski definition) is 4. The Morgan fingerprint density at radius 2 is 1.68 bits per heavy atom. The Labute approximate surface area is 168 Å². The average Bonchev–Trinajstić information content (AvgIpc) is 3.21. The lowest BCUT2D eigenvalue weighted by molar-refractivity contribution is -0.149. The first-order valence-corrected chi connectivity index (χ1v) is 10.4. The van der Waals surface area contributed by atoms with E-state index >= 15 is 0 Å². The van der Waals surface area contributed by atoms with Crippen LogP contribution in [0.25, 0.3) is 0 Å². The van der Waals surface area contributed by atoms with Gasteiger partial charge in [-0.15, -0.1) is 11.8 Å². The molecule has 2 rings (SSSR count). The quantitative estimate of drug-likeness (QED) is 0.551. The average molecular weight is 394 g/mol. The van der Waals surface area contributed by atoms with Gasteiger partial charge in [0.05, 0.1) is 17.6 Å². The van der Waals surface area contributed by atoms with Gasteiger partial charge < -0.3 is 19.9 Å². The minimum absolute atomic E-state index is 0.366. The van der Waals surface area contributed by atoms with Crippen LogP contribution in [0.5, 0.6) is 0 Å². The second-order valence-corrected chi connectivity index (χ2v) is 9.24. The Bertz CT molecular complexity index is 598. The first kappa shape index (κ1) is 22.5. The molecule has 0 aromatic heterocycles. The molecule has 28 heavy (non-hydrogen) atoms. The molecule has 0 radical (unpaired) electrons. The molecule has 2 atom stereocenters. The molecule has 0 aliphatic heterocycles. The minimum atomic E-state index is -0.826. The predicted molar refractivity (Wildman–Crippen MR) is 107 cm³/mol. The van der Waals surface area contributed by atoms with Crippen molar-refractivity contribution < 1.29 is 24.2 Å². The first-order valence-electron chi connectivity index (χ1n) is 10.4. The largest absolute Gasteiger partial charge is 0.481 e. The van der Waals surface area contributed by atoms with E-state index in [2.05, 4.69) is 17.2 Å². The van der Waals surface area contributed by atoms with Crippen LogP contribution in [-0.4, -0.2) is 42.5 Å². The van der Waals surface area contributed by atoms with Crippen molar-refractivity contribution >= 4 is 12.1 Å². The van der Waals surface area contributed by atoms with Crippen LogP contribution < -0.4 is 5.32 Å². The molecule has 0 aromatic carbocycles. The summed E-state index contributed by atoms with van der Waals surface area (Å²) in [6.45, 7) is 8.58. The van der Waals surface area contributed by atoms with Gasteiger partial charge in [0.2, 0.25) is 0 Å².